The predicted octanol–water partition coefficient (Wildman–Crippen LogP) is 5.43. The molecule has 0 fully saturated rings. The Bertz CT molecular complexity index is 587. The predicted molar refractivity (Wildman–Crippen MR) is 94.2 cm³/mol. The molecule has 0 saturated heterocycles. The molecule has 0 aliphatic carbocycles. The maximum Gasteiger partial charge on any atom is 0.0541 e. The number of hydrogen-bond donors (Lipinski definition) is 1. The molecule has 0 heterocycles. The summed E-state index contributed by atoms with van der Waals surface area (Å²) in [7, 11) is 0. The van der Waals surface area contributed by atoms with E-state index in [9.17, 15) is 0 Å². The van der Waals surface area contributed by atoms with Crippen molar-refractivity contribution >= 4 is 23.4 Å². The molecule has 0 spiro atoms. The number of thioether (sulfide) groups is 1. The first-order chi connectivity index (χ1) is 9.88. The maximum absolute atomic E-state index is 6.29. The summed E-state index contributed by atoms with van der Waals surface area (Å²) in [6, 6.07) is 16.5. The van der Waals surface area contributed by atoms with Crippen LogP contribution < -0.4 is 5.73 Å². The van der Waals surface area contributed by atoms with Gasteiger partial charge in [-0.3, -0.25) is 0 Å². The van der Waals surface area contributed by atoms with Gasteiger partial charge in [0.2, 0.25) is 0 Å². The van der Waals surface area contributed by atoms with Gasteiger partial charge in [0.1, 0.15) is 0 Å². The topological polar surface area (TPSA) is 26.0 Å². The summed E-state index contributed by atoms with van der Waals surface area (Å²) in [4.78, 5) is 1.08. The quantitative estimate of drug-likeness (QED) is 0.760. The normalized spacial score (nSPS) is 13.2. The summed E-state index contributed by atoms with van der Waals surface area (Å²) in [5, 5.41) is 0.790. The monoisotopic (exact) mass is 319 g/mol. The van der Waals surface area contributed by atoms with Crippen molar-refractivity contribution in [2.75, 3.05) is 5.75 Å². The molecule has 0 aliphatic heterocycles. The highest BCUT2D eigenvalue weighted by Gasteiger charge is 2.14. The highest BCUT2D eigenvalue weighted by Crippen LogP contribution is 2.30. The summed E-state index contributed by atoms with van der Waals surface area (Å²) in [6.45, 7) is 6.65. The Balaban J connectivity index is 2.01. The lowest BCUT2D eigenvalue weighted by Crippen LogP contribution is -2.15. The Kier molecular flexibility index (Phi) is 5.37. The van der Waals surface area contributed by atoms with Crippen LogP contribution in [0.25, 0.3) is 0 Å². The second-order valence-corrected chi connectivity index (χ2v) is 7.69. The summed E-state index contributed by atoms with van der Waals surface area (Å²) in [6.07, 6.45) is 0. The first-order valence-electron chi connectivity index (χ1n) is 7.11. The molecule has 2 aromatic rings. The molecule has 2 aromatic carbocycles. The smallest absolute Gasteiger partial charge is 0.0541 e. The van der Waals surface area contributed by atoms with Gasteiger partial charge in [0.25, 0.3) is 0 Å². The molecule has 1 unspecified atom stereocenters. The van der Waals surface area contributed by atoms with Crippen LogP contribution in [0.2, 0.25) is 5.02 Å². The minimum atomic E-state index is 0.0142. The zero-order chi connectivity index (χ0) is 15.5. The minimum Gasteiger partial charge on any atom is -0.323 e. The largest absolute Gasteiger partial charge is 0.323 e. The Morgan fingerprint density at radius 3 is 2.24 bits per heavy atom. The van der Waals surface area contributed by atoms with Crippen molar-refractivity contribution in [3.8, 4) is 0 Å². The Labute approximate surface area is 136 Å². The van der Waals surface area contributed by atoms with Gasteiger partial charge in [-0.15, -0.1) is 11.8 Å². The highest BCUT2D eigenvalue weighted by molar-refractivity contribution is 7.99. The van der Waals surface area contributed by atoms with E-state index in [1.165, 1.54) is 11.1 Å². The Morgan fingerprint density at radius 2 is 1.67 bits per heavy atom. The number of rotatable bonds is 4. The average Bonchev–Trinajstić information content (AvgIpc) is 2.45. The fraction of sp³-hybridized carbons (Fsp3) is 0.333. The first-order valence-corrected chi connectivity index (χ1v) is 8.47. The van der Waals surface area contributed by atoms with E-state index in [1.807, 2.05) is 24.3 Å². The average molecular weight is 320 g/mol. The van der Waals surface area contributed by atoms with Gasteiger partial charge in [0.05, 0.1) is 5.02 Å². The fourth-order valence-corrected chi connectivity index (χ4v) is 3.30. The third-order valence-corrected chi connectivity index (χ3v) is 5.09. The molecule has 3 heteroatoms. The van der Waals surface area contributed by atoms with E-state index in [1.54, 1.807) is 11.8 Å². The zero-order valence-electron chi connectivity index (χ0n) is 12.8. The molecule has 0 aromatic heterocycles. The maximum atomic E-state index is 6.29. The van der Waals surface area contributed by atoms with Crippen LogP contribution in [0.1, 0.15) is 37.9 Å². The second-order valence-electron chi connectivity index (χ2n) is 6.22. The summed E-state index contributed by atoms with van der Waals surface area (Å²) < 4.78 is 0. The first kappa shape index (κ1) is 16.4. The molecule has 0 radical (unpaired) electrons. The molecular weight excluding hydrogens is 298 g/mol. The van der Waals surface area contributed by atoms with Gasteiger partial charge in [0.15, 0.2) is 0 Å². The van der Waals surface area contributed by atoms with Gasteiger partial charge in [-0.05, 0) is 28.7 Å². The Hall–Kier alpha value is -0.960. The van der Waals surface area contributed by atoms with Crippen LogP contribution in [0.3, 0.4) is 0 Å². The van der Waals surface area contributed by atoms with Crippen LogP contribution in [-0.2, 0) is 5.41 Å². The van der Waals surface area contributed by atoms with E-state index >= 15 is 0 Å². The lowest BCUT2D eigenvalue weighted by atomic mass is 9.86. The third-order valence-electron chi connectivity index (χ3n) is 3.46. The van der Waals surface area contributed by atoms with Crippen molar-refractivity contribution in [1.82, 2.24) is 0 Å². The van der Waals surface area contributed by atoms with Gasteiger partial charge in [-0.2, -0.15) is 0 Å². The van der Waals surface area contributed by atoms with Crippen LogP contribution >= 0.6 is 23.4 Å². The SMILES string of the molecule is CC(C)(C)c1ccc(C(N)CSc2ccccc2Cl)cc1. The van der Waals surface area contributed by atoms with Crippen LogP contribution in [0.4, 0.5) is 0 Å². The second kappa shape index (κ2) is 6.87. The van der Waals surface area contributed by atoms with Gasteiger partial charge < -0.3 is 5.73 Å². The standard InChI is InChI=1S/C18H22ClNS/c1-18(2,3)14-10-8-13(9-11-14)16(20)12-21-17-7-5-4-6-15(17)19/h4-11,16H,12,20H2,1-3H3. The van der Waals surface area contributed by atoms with Gasteiger partial charge in [-0.25, -0.2) is 0 Å². The van der Waals surface area contributed by atoms with Crippen LogP contribution in [-0.4, -0.2) is 5.75 Å². The highest BCUT2D eigenvalue weighted by atomic mass is 35.5. The van der Waals surface area contributed by atoms with Crippen molar-refractivity contribution in [3.05, 3.63) is 64.7 Å². The molecule has 0 bridgehead atoms. The number of benzene rings is 2. The molecule has 21 heavy (non-hydrogen) atoms. The van der Waals surface area contributed by atoms with Crippen molar-refractivity contribution in [2.45, 2.75) is 37.1 Å². The molecule has 0 saturated carbocycles. The lowest BCUT2D eigenvalue weighted by molar-refractivity contribution is 0.589. The summed E-state index contributed by atoms with van der Waals surface area (Å²) in [5.74, 6) is 0.818. The zero-order valence-corrected chi connectivity index (χ0v) is 14.3. The van der Waals surface area contributed by atoms with E-state index in [0.29, 0.717) is 0 Å². The number of halogens is 1. The third kappa shape index (κ3) is 4.50. The summed E-state index contributed by atoms with van der Waals surface area (Å²) in [5.41, 5.74) is 8.96. The van der Waals surface area contributed by atoms with Crippen molar-refractivity contribution in [1.29, 1.82) is 0 Å². The van der Waals surface area contributed by atoms with Crippen LogP contribution in [0.15, 0.2) is 53.4 Å². The van der Waals surface area contributed by atoms with Gasteiger partial charge in [0, 0.05) is 16.7 Å². The van der Waals surface area contributed by atoms with Crippen LogP contribution in [0, 0.1) is 0 Å². The van der Waals surface area contributed by atoms with Gasteiger partial charge in [-0.1, -0.05) is 68.8 Å². The van der Waals surface area contributed by atoms with E-state index in [4.69, 9.17) is 17.3 Å². The van der Waals surface area contributed by atoms with Crippen molar-refractivity contribution in [3.63, 3.8) is 0 Å². The minimum absolute atomic E-state index is 0.0142. The molecule has 1 nitrogen and oxygen atoms in total. The van der Waals surface area contributed by atoms with Crippen LogP contribution in [0.5, 0.6) is 0 Å². The van der Waals surface area contributed by atoms with Crippen molar-refractivity contribution < 1.29 is 0 Å². The Morgan fingerprint density at radius 1 is 1.05 bits per heavy atom. The number of nitrogens with two attached hydrogens (primary N) is 1. The summed E-state index contributed by atoms with van der Waals surface area (Å²) >= 11 is 7.87. The molecule has 2 rings (SSSR count). The van der Waals surface area contributed by atoms with E-state index in [-0.39, 0.29) is 11.5 Å². The molecule has 1 atom stereocenters. The van der Waals surface area contributed by atoms with E-state index < -0.39 is 0 Å². The number of hydrogen-bond acceptors (Lipinski definition) is 2. The molecular formula is C18H22ClNS. The van der Waals surface area contributed by atoms with E-state index in [0.717, 1.165) is 15.7 Å². The fourth-order valence-electron chi connectivity index (χ4n) is 2.07. The van der Waals surface area contributed by atoms with Gasteiger partial charge >= 0.3 is 0 Å². The van der Waals surface area contributed by atoms with E-state index in [2.05, 4.69) is 45.0 Å². The molecule has 112 valence electrons. The molecule has 0 amide bonds. The lowest BCUT2D eigenvalue weighted by Gasteiger charge is -2.20. The molecule has 0 aliphatic rings. The van der Waals surface area contributed by atoms with Crippen molar-refractivity contribution in [2.24, 2.45) is 5.73 Å². The molecule has 2 N–H and O–H groups in total.